The SMILES string of the molecule is CCCCCCCC(Cc1cnn(CC)c1)NN. The van der Waals surface area contributed by atoms with Crippen molar-refractivity contribution in [1.29, 1.82) is 0 Å². The number of nitrogens with two attached hydrogens (primary N) is 1. The fourth-order valence-electron chi connectivity index (χ4n) is 2.21. The number of aromatic nitrogens is 2. The minimum atomic E-state index is 0.376. The molecule has 4 heteroatoms. The maximum atomic E-state index is 5.62. The molecule has 1 unspecified atom stereocenters. The molecule has 1 heterocycles. The quantitative estimate of drug-likeness (QED) is 0.382. The van der Waals surface area contributed by atoms with Gasteiger partial charge in [-0.15, -0.1) is 0 Å². The van der Waals surface area contributed by atoms with Gasteiger partial charge in [0.1, 0.15) is 0 Å². The first-order chi connectivity index (χ1) is 8.80. The molecular formula is C14H28N4. The molecule has 0 bridgehead atoms. The summed E-state index contributed by atoms with van der Waals surface area (Å²) >= 11 is 0. The van der Waals surface area contributed by atoms with Crippen LogP contribution in [0.15, 0.2) is 12.4 Å². The third-order valence-electron chi connectivity index (χ3n) is 3.38. The Kier molecular flexibility index (Phi) is 7.69. The van der Waals surface area contributed by atoms with E-state index < -0.39 is 0 Å². The second kappa shape index (κ2) is 9.11. The molecule has 0 aliphatic rings. The average molecular weight is 252 g/mol. The van der Waals surface area contributed by atoms with E-state index in [1.165, 1.54) is 37.7 Å². The summed E-state index contributed by atoms with van der Waals surface area (Å²) in [5, 5.41) is 4.29. The molecule has 0 amide bonds. The molecule has 0 fully saturated rings. The Labute approximate surface area is 111 Å². The largest absolute Gasteiger partial charge is 0.273 e. The lowest BCUT2D eigenvalue weighted by Gasteiger charge is -2.14. The molecule has 0 aliphatic heterocycles. The number of unbranched alkanes of at least 4 members (excludes halogenated alkanes) is 4. The summed E-state index contributed by atoms with van der Waals surface area (Å²) in [6, 6.07) is 0.376. The molecule has 0 spiro atoms. The zero-order valence-corrected chi connectivity index (χ0v) is 11.9. The first kappa shape index (κ1) is 15.2. The van der Waals surface area contributed by atoms with Crippen molar-refractivity contribution in [3.05, 3.63) is 18.0 Å². The predicted molar refractivity (Wildman–Crippen MR) is 76.1 cm³/mol. The lowest BCUT2D eigenvalue weighted by Crippen LogP contribution is -2.36. The number of aryl methyl sites for hydroxylation is 1. The molecule has 1 aromatic heterocycles. The van der Waals surface area contributed by atoms with Gasteiger partial charge < -0.3 is 0 Å². The van der Waals surface area contributed by atoms with Gasteiger partial charge in [-0.3, -0.25) is 16.0 Å². The van der Waals surface area contributed by atoms with Crippen LogP contribution in [0.5, 0.6) is 0 Å². The molecule has 1 aromatic rings. The summed E-state index contributed by atoms with van der Waals surface area (Å²) in [5.74, 6) is 5.62. The van der Waals surface area contributed by atoms with Gasteiger partial charge in [0.05, 0.1) is 6.20 Å². The molecule has 18 heavy (non-hydrogen) atoms. The van der Waals surface area contributed by atoms with Crippen LogP contribution in [-0.2, 0) is 13.0 Å². The van der Waals surface area contributed by atoms with Crippen LogP contribution in [0, 0.1) is 0 Å². The van der Waals surface area contributed by atoms with E-state index in [0.717, 1.165) is 19.4 Å². The van der Waals surface area contributed by atoms with Crippen LogP contribution in [0.4, 0.5) is 0 Å². The van der Waals surface area contributed by atoms with Gasteiger partial charge in [0.25, 0.3) is 0 Å². The highest BCUT2D eigenvalue weighted by Crippen LogP contribution is 2.10. The molecule has 0 saturated heterocycles. The molecule has 1 atom stereocenters. The van der Waals surface area contributed by atoms with Crippen LogP contribution in [0.1, 0.15) is 57.9 Å². The van der Waals surface area contributed by atoms with Crippen LogP contribution >= 0.6 is 0 Å². The van der Waals surface area contributed by atoms with E-state index in [1.807, 2.05) is 10.9 Å². The Bertz CT molecular complexity index is 308. The number of rotatable bonds is 10. The summed E-state index contributed by atoms with van der Waals surface area (Å²) in [7, 11) is 0. The van der Waals surface area contributed by atoms with Crippen molar-refractivity contribution in [2.75, 3.05) is 0 Å². The number of hydrogen-bond acceptors (Lipinski definition) is 3. The average Bonchev–Trinajstić information content (AvgIpc) is 2.84. The molecule has 0 aromatic carbocycles. The Morgan fingerprint density at radius 1 is 1.28 bits per heavy atom. The van der Waals surface area contributed by atoms with Crippen LogP contribution in [-0.4, -0.2) is 15.8 Å². The van der Waals surface area contributed by atoms with Crippen LogP contribution in [0.2, 0.25) is 0 Å². The van der Waals surface area contributed by atoms with Gasteiger partial charge >= 0.3 is 0 Å². The zero-order valence-electron chi connectivity index (χ0n) is 11.9. The van der Waals surface area contributed by atoms with E-state index in [4.69, 9.17) is 5.84 Å². The minimum Gasteiger partial charge on any atom is -0.273 e. The Balaban J connectivity index is 2.24. The molecule has 1 rings (SSSR count). The van der Waals surface area contributed by atoms with Crippen LogP contribution in [0.25, 0.3) is 0 Å². The molecule has 4 nitrogen and oxygen atoms in total. The van der Waals surface area contributed by atoms with Crippen LogP contribution in [0.3, 0.4) is 0 Å². The zero-order chi connectivity index (χ0) is 13.2. The molecule has 0 saturated carbocycles. The summed E-state index contributed by atoms with van der Waals surface area (Å²) in [5.41, 5.74) is 4.20. The number of nitrogens with zero attached hydrogens (tertiary/aromatic N) is 2. The topological polar surface area (TPSA) is 55.9 Å². The summed E-state index contributed by atoms with van der Waals surface area (Å²) in [4.78, 5) is 0. The molecule has 0 radical (unpaired) electrons. The maximum absolute atomic E-state index is 5.62. The third-order valence-corrected chi connectivity index (χ3v) is 3.38. The van der Waals surface area contributed by atoms with E-state index in [0.29, 0.717) is 6.04 Å². The second-order valence-electron chi connectivity index (χ2n) is 4.97. The van der Waals surface area contributed by atoms with Crippen molar-refractivity contribution in [1.82, 2.24) is 15.2 Å². The van der Waals surface area contributed by atoms with Gasteiger partial charge in [0, 0.05) is 18.8 Å². The van der Waals surface area contributed by atoms with E-state index >= 15 is 0 Å². The fraction of sp³-hybridized carbons (Fsp3) is 0.786. The van der Waals surface area contributed by atoms with Gasteiger partial charge in [-0.05, 0) is 25.3 Å². The molecular weight excluding hydrogens is 224 g/mol. The van der Waals surface area contributed by atoms with E-state index in [1.54, 1.807) is 0 Å². The Hall–Kier alpha value is -0.870. The van der Waals surface area contributed by atoms with Gasteiger partial charge in [0.2, 0.25) is 0 Å². The Morgan fingerprint density at radius 2 is 2.06 bits per heavy atom. The van der Waals surface area contributed by atoms with Gasteiger partial charge in [0.15, 0.2) is 0 Å². The second-order valence-corrected chi connectivity index (χ2v) is 4.97. The summed E-state index contributed by atoms with van der Waals surface area (Å²) in [6.07, 6.45) is 12.8. The van der Waals surface area contributed by atoms with Crippen molar-refractivity contribution in [2.45, 2.75) is 71.4 Å². The minimum absolute atomic E-state index is 0.376. The fourth-order valence-corrected chi connectivity index (χ4v) is 2.21. The lowest BCUT2D eigenvalue weighted by molar-refractivity contribution is 0.460. The highest BCUT2D eigenvalue weighted by atomic mass is 15.3. The van der Waals surface area contributed by atoms with Crippen molar-refractivity contribution >= 4 is 0 Å². The van der Waals surface area contributed by atoms with Crippen molar-refractivity contribution in [3.8, 4) is 0 Å². The van der Waals surface area contributed by atoms with Gasteiger partial charge in [-0.25, -0.2) is 0 Å². The monoisotopic (exact) mass is 252 g/mol. The first-order valence-corrected chi connectivity index (χ1v) is 7.27. The molecule has 3 N–H and O–H groups in total. The highest BCUT2D eigenvalue weighted by molar-refractivity contribution is 5.06. The molecule has 0 aliphatic carbocycles. The summed E-state index contributed by atoms with van der Waals surface area (Å²) < 4.78 is 1.96. The van der Waals surface area contributed by atoms with Crippen LogP contribution < -0.4 is 11.3 Å². The van der Waals surface area contributed by atoms with Crippen molar-refractivity contribution < 1.29 is 0 Å². The standard InChI is InChI=1S/C14H28N4/c1-3-5-6-7-8-9-14(17-15)10-13-11-16-18(4-2)12-13/h11-12,14,17H,3-10,15H2,1-2H3. The Morgan fingerprint density at radius 3 is 2.67 bits per heavy atom. The number of nitrogens with one attached hydrogen (secondary N) is 1. The van der Waals surface area contributed by atoms with Crippen molar-refractivity contribution in [2.24, 2.45) is 5.84 Å². The number of hydrazine groups is 1. The van der Waals surface area contributed by atoms with Crippen molar-refractivity contribution in [3.63, 3.8) is 0 Å². The highest BCUT2D eigenvalue weighted by Gasteiger charge is 2.08. The van der Waals surface area contributed by atoms with E-state index in [2.05, 4.69) is 30.6 Å². The maximum Gasteiger partial charge on any atom is 0.0522 e. The predicted octanol–water partition coefficient (Wildman–Crippen LogP) is 2.64. The summed E-state index contributed by atoms with van der Waals surface area (Å²) in [6.45, 7) is 5.27. The lowest BCUT2D eigenvalue weighted by atomic mass is 10.0. The first-order valence-electron chi connectivity index (χ1n) is 7.27. The van der Waals surface area contributed by atoms with Gasteiger partial charge in [-0.2, -0.15) is 5.10 Å². The normalized spacial score (nSPS) is 12.8. The number of hydrogen-bond donors (Lipinski definition) is 2. The smallest absolute Gasteiger partial charge is 0.0522 e. The van der Waals surface area contributed by atoms with Gasteiger partial charge in [-0.1, -0.05) is 39.0 Å². The third kappa shape index (κ3) is 5.65. The molecule has 104 valence electrons. The van der Waals surface area contributed by atoms with E-state index in [-0.39, 0.29) is 0 Å². The van der Waals surface area contributed by atoms with E-state index in [9.17, 15) is 0 Å².